The van der Waals surface area contributed by atoms with E-state index in [1.807, 2.05) is 18.2 Å². The second kappa shape index (κ2) is 7.14. The van der Waals surface area contributed by atoms with Crippen LogP contribution in [0.1, 0.15) is 24.8 Å². The second-order valence-electron chi connectivity index (χ2n) is 4.49. The van der Waals surface area contributed by atoms with Crippen LogP contribution >= 0.6 is 0 Å². The Morgan fingerprint density at radius 3 is 2.74 bits per heavy atom. The molecule has 104 valence electrons. The highest BCUT2D eigenvalue weighted by Gasteiger charge is 2.12. The van der Waals surface area contributed by atoms with E-state index < -0.39 is 0 Å². The molecule has 1 aliphatic heterocycles. The van der Waals surface area contributed by atoms with Crippen molar-refractivity contribution in [1.29, 1.82) is 0 Å². The van der Waals surface area contributed by atoms with Crippen molar-refractivity contribution < 1.29 is 14.2 Å². The van der Waals surface area contributed by atoms with Gasteiger partial charge in [0.25, 0.3) is 0 Å². The van der Waals surface area contributed by atoms with Crippen LogP contribution in [0, 0.1) is 0 Å². The number of nitrogens with zero attached hydrogens (tertiary/aromatic N) is 1. The summed E-state index contributed by atoms with van der Waals surface area (Å²) in [5.41, 5.74) is 2.31. The maximum absolute atomic E-state index is 5.77. The van der Waals surface area contributed by atoms with Crippen molar-refractivity contribution in [2.24, 2.45) is 4.99 Å². The number of ether oxygens (including phenoxy) is 3. The summed E-state index contributed by atoms with van der Waals surface area (Å²) in [5.74, 6) is 1.55. The minimum absolute atomic E-state index is 0.625. The molecule has 2 rings (SSSR count). The fraction of sp³-hybridized carbons (Fsp3) is 0.533. The Labute approximate surface area is 114 Å². The summed E-state index contributed by atoms with van der Waals surface area (Å²) in [7, 11) is 3.35. The molecule has 0 amide bonds. The quantitative estimate of drug-likeness (QED) is 0.710. The number of rotatable bonds is 7. The normalized spacial score (nSPS) is 14.3. The minimum atomic E-state index is 0.625. The Morgan fingerprint density at radius 2 is 2.05 bits per heavy atom. The molecule has 19 heavy (non-hydrogen) atoms. The first-order valence-corrected chi connectivity index (χ1v) is 6.68. The minimum Gasteiger partial charge on any atom is -0.493 e. The summed E-state index contributed by atoms with van der Waals surface area (Å²) < 4.78 is 16.1. The van der Waals surface area contributed by atoms with Gasteiger partial charge in [-0.3, -0.25) is 4.99 Å². The van der Waals surface area contributed by atoms with Crippen molar-refractivity contribution in [2.45, 2.75) is 19.3 Å². The van der Waals surface area contributed by atoms with Crippen LogP contribution in [0.15, 0.2) is 23.2 Å². The Morgan fingerprint density at radius 1 is 1.16 bits per heavy atom. The van der Waals surface area contributed by atoms with E-state index >= 15 is 0 Å². The Bertz CT molecular complexity index is 443. The summed E-state index contributed by atoms with van der Waals surface area (Å²) >= 11 is 0. The van der Waals surface area contributed by atoms with Gasteiger partial charge in [-0.05, 0) is 36.6 Å². The highest BCUT2D eigenvalue weighted by molar-refractivity contribution is 6.02. The summed E-state index contributed by atoms with van der Waals surface area (Å²) in [5, 5.41) is 0. The van der Waals surface area contributed by atoms with Gasteiger partial charge in [-0.25, -0.2) is 0 Å². The maximum atomic E-state index is 5.77. The van der Waals surface area contributed by atoms with Gasteiger partial charge in [0.1, 0.15) is 0 Å². The lowest BCUT2D eigenvalue weighted by molar-refractivity contribution is 0.170. The van der Waals surface area contributed by atoms with Crippen LogP contribution in [0.2, 0.25) is 0 Å². The topological polar surface area (TPSA) is 40.0 Å². The molecule has 0 saturated carbocycles. The predicted molar refractivity (Wildman–Crippen MR) is 75.6 cm³/mol. The van der Waals surface area contributed by atoms with Gasteiger partial charge in [-0.15, -0.1) is 0 Å². The van der Waals surface area contributed by atoms with Crippen LogP contribution in [-0.4, -0.2) is 39.7 Å². The number of aliphatic imine (C=N–C) groups is 1. The molecular formula is C15H21NO3. The van der Waals surface area contributed by atoms with Gasteiger partial charge in [-0.2, -0.15) is 0 Å². The van der Waals surface area contributed by atoms with Crippen LogP contribution < -0.4 is 9.47 Å². The highest BCUT2D eigenvalue weighted by atomic mass is 16.5. The van der Waals surface area contributed by atoms with Gasteiger partial charge in [0.15, 0.2) is 11.5 Å². The lowest BCUT2D eigenvalue weighted by Crippen LogP contribution is -2.04. The van der Waals surface area contributed by atoms with Gasteiger partial charge in [0.05, 0.1) is 13.7 Å². The fourth-order valence-electron chi connectivity index (χ4n) is 2.13. The molecule has 0 saturated heterocycles. The SMILES string of the molecule is COCCCOc1cc(C2=NCCC2)ccc1OC. The number of methoxy groups -OCH3 is 2. The molecule has 0 atom stereocenters. The van der Waals surface area contributed by atoms with Gasteiger partial charge in [-0.1, -0.05) is 0 Å². The van der Waals surface area contributed by atoms with Crippen LogP contribution in [-0.2, 0) is 4.74 Å². The molecule has 1 aromatic carbocycles. The summed E-state index contributed by atoms with van der Waals surface area (Å²) in [6.07, 6.45) is 3.06. The summed E-state index contributed by atoms with van der Waals surface area (Å²) in [6, 6.07) is 6.02. The van der Waals surface area contributed by atoms with Gasteiger partial charge >= 0.3 is 0 Å². The van der Waals surface area contributed by atoms with Crippen molar-refractivity contribution in [3.8, 4) is 11.5 Å². The van der Waals surface area contributed by atoms with Crippen LogP contribution in [0.5, 0.6) is 11.5 Å². The molecule has 4 heteroatoms. The zero-order valence-electron chi connectivity index (χ0n) is 11.6. The molecular weight excluding hydrogens is 242 g/mol. The molecule has 0 aromatic heterocycles. The zero-order valence-corrected chi connectivity index (χ0v) is 11.6. The first-order chi connectivity index (χ1) is 9.35. The molecule has 1 aliphatic rings. The largest absolute Gasteiger partial charge is 0.493 e. The molecule has 4 nitrogen and oxygen atoms in total. The summed E-state index contributed by atoms with van der Waals surface area (Å²) in [6.45, 7) is 2.26. The van der Waals surface area contributed by atoms with E-state index in [4.69, 9.17) is 14.2 Å². The number of hydrogen-bond acceptors (Lipinski definition) is 4. The monoisotopic (exact) mass is 263 g/mol. The summed E-state index contributed by atoms with van der Waals surface area (Å²) in [4.78, 5) is 4.51. The molecule has 0 bridgehead atoms. The van der Waals surface area contributed by atoms with Gasteiger partial charge in [0, 0.05) is 32.4 Å². The van der Waals surface area contributed by atoms with E-state index in [0.29, 0.717) is 13.2 Å². The number of hydrogen-bond donors (Lipinski definition) is 0. The molecule has 0 fully saturated rings. The molecule has 0 radical (unpaired) electrons. The van der Waals surface area contributed by atoms with E-state index in [9.17, 15) is 0 Å². The van der Waals surface area contributed by atoms with Crippen molar-refractivity contribution in [1.82, 2.24) is 0 Å². The van der Waals surface area contributed by atoms with E-state index in [1.165, 1.54) is 5.71 Å². The van der Waals surface area contributed by atoms with Crippen molar-refractivity contribution >= 4 is 5.71 Å². The average molecular weight is 263 g/mol. The third-order valence-corrected chi connectivity index (χ3v) is 3.12. The smallest absolute Gasteiger partial charge is 0.161 e. The highest BCUT2D eigenvalue weighted by Crippen LogP contribution is 2.29. The Hall–Kier alpha value is -1.55. The van der Waals surface area contributed by atoms with E-state index in [-0.39, 0.29) is 0 Å². The van der Waals surface area contributed by atoms with Gasteiger partial charge in [0.2, 0.25) is 0 Å². The first kappa shape index (κ1) is 13.9. The molecule has 1 aromatic rings. The fourth-order valence-corrected chi connectivity index (χ4v) is 2.13. The molecule has 0 spiro atoms. The Kier molecular flexibility index (Phi) is 5.21. The third-order valence-electron chi connectivity index (χ3n) is 3.12. The van der Waals surface area contributed by atoms with Crippen molar-refractivity contribution in [3.63, 3.8) is 0 Å². The molecule has 0 aliphatic carbocycles. The van der Waals surface area contributed by atoms with Crippen LogP contribution in [0.3, 0.4) is 0 Å². The number of benzene rings is 1. The maximum Gasteiger partial charge on any atom is 0.161 e. The molecule has 0 N–H and O–H groups in total. The zero-order chi connectivity index (χ0) is 13.5. The van der Waals surface area contributed by atoms with Gasteiger partial charge < -0.3 is 14.2 Å². The second-order valence-corrected chi connectivity index (χ2v) is 4.49. The van der Waals surface area contributed by atoms with Crippen molar-refractivity contribution in [3.05, 3.63) is 23.8 Å². The predicted octanol–water partition coefficient (Wildman–Crippen LogP) is 2.69. The van der Waals surface area contributed by atoms with Crippen LogP contribution in [0.25, 0.3) is 0 Å². The average Bonchev–Trinajstić information content (AvgIpc) is 2.97. The first-order valence-electron chi connectivity index (χ1n) is 6.68. The lowest BCUT2D eigenvalue weighted by Gasteiger charge is -2.12. The lowest BCUT2D eigenvalue weighted by atomic mass is 10.1. The van der Waals surface area contributed by atoms with Crippen molar-refractivity contribution in [2.75, 3.05) is 34.0 Å². The third kappa shape index (κ3) is 3.70. The Balaban J connectivity index is 2.07. The molecule has 1 heterocycles. The standard InChI is InChI=1S/C15H21NO3/c1-17-9-4-10-19-15-11-12(6-7-14(15)18-2)13-5-3-8-16-13/h6-7,11H,3-5,8-10H2,1-2H3. The molecule has 0 unspecified atom stereocenters. The van der Waals surface area contributed by atoms with E-state index in [0.717, 1.165) is 42.9 Å². The van der Waals surface area contributed by atoms with E-state index in [2.05, 4.69) is 4.99 Å². The van der Waals surface area contributed by atoms with Crippen LogP contribution in [0.4, 0.5) is 0 Å². The van der Waals surface area contributed by atoms with E-state index in [1.54, 1.807) is 14.2 Å².